The van der Waals surface area contributed by atoms with Gasteiger partial charge in [-0.1, -0.05) is 32.4 Å². The first kappa shape index (κ1) is 42.0. The maximum Gasteiger partial charge on any atom is 0.425 e. The molecule has 1 saturated heterocycles. The van der Waals surface area contributed by atoms with E-state index in [0.717, 1.165) is 5.39 Å². The topological polar surface area (TPSA) is 182 Å². The van der Waals surface area contributed by atoms with Gasteiger partial charge in [0.25, 0.3) is 5.91 Å². The quantitative estimate of drug-likeness (QED) is 0.294. The van der Waals surface area contributed by atoms with Crippen molar-refractivity contribution in [3.63, 3.8) is 0 Å². The molecular weight excluding hydrogens is 772 g/mol. The molecule has 3 fully saturated rings. The average Bonchev–Trinajstić information content (AvgIpc) is 4.03. The summed E-state index contributed by atoms with van der Waals surface area (Å²) < 4.78 is 84.0. The molecule has 3 heterocycles. The Balaban J connectivity index is 1.36. The number of rotatable bonds is 9. The molecule has 1 aromatic carbocycles. The van der Waals surface area contributed by atoms with Gasteiger partial charge in [-0.25, -0.2) is 18.2 Å². The van der Waals surface area contributed by atoms with Crippen LogP contribution in [0, 0.1) is 17.8 Å². The number of nitrogens with zero attached hydrogens (tertiary/aromatic N) is 2. The fraction of sp³-hybridized carbons (Fsp3) is 0.615. The Morgan fingerprint density at radius 2 is 1.89 bits per heavy atom. The smallest absolute Gasteiger partial charge is 0.425 e. The maximum atomic E-state index is 14.8. The van der Waals surface area contributed by atoms with Gasteiger partial charge >= 0.3 is 12.3 Å². The molecule has 1 aromatic heterocycles. The van der Waals surface area contributed by atoms with Crippen LogP contribution in [0.1, 0.15) is 79.1 Å². The number of carbonyl (C=O) groups is 4. The molecule has 3 N–H and O–H groups in total. The molecule has 312 valence electrons. The van der Waals surface area contributed by atoms with Gasteiger partial charge in [-0.3, -0.25) is 19.1 Å². The van der Waals surface area contributed by atoms with Crippen LogP contribution in [0.15, 0.2) is 42.6 Å². The number of hydrogen-bond acceptors (Lipinski definition) is 10. The summed E-state index contributed by atoms with van der Waals surface area (Å²) >= 11 is 0. The number of alkyl carbamates (subject to hydrolysis) is 1. The van der Waals surface area contributed by atoms with Crippen LogP contribution in [0.3, 0.4) is 0 Å². The van der Waals surface area contributed by atoms with E-state index >= 15 is 0 Å². The number of carbonyl (C=O) groups excluding carboxylic acids is 4. The SMILES string of the molecule is CC[C@@H]1C[C@H](C)CC/C=C\[C@@H]2C[C@@]2(C(=O)NS(=O)(=O)C2(C)CC2)NC(=O)[C@@H]2C[C@@H](Oc3nccc4cc(OC)ccc34)CN2C(=O)[C@H]1NC(=O)O[C@H](C)C(F)(F)F. The summed E-state index contributed by atoms with van der Waals surface area (Å²) in [6.45, 7) is 5.78. The normalized spacial score (nSPS) is 30.0. The Morgan fingerprint density at radius 3 is 2.56 bits per heavy atom. The van der Waals surface area contributed by atoms with Crippen LogP contribution >= 0.6 is 0 Å². The largest absolute Gasteiger partial charge is 0.497 e. The minimum atomic E-state index is -4.85. The van der Waals surface area contributed by atoms with Gasteiger partial charge in [0.05, 0.1) is 18.4 Å². The fourth-order valence-corrected chi connectivity index (χ4v) is 9.02. The lowest BCUT2D eigenvalue weighted by Crippen LogP contribution is -2.59. The monoisotopic (exact) mass is 821 g/mol. The second kappa shape index (κ2) is 16.0. The molecule has 0 spiro atoms. The lowest BCUT2D eigenvalue weighted by Gasteiger charge is -2.34. The summed E-state index contributed by atoms with van der Waals surface area (Å²) in [5.74, 6) is -2.75. The lowest BCUT2D eigenvalue weighted by atomic mass is 9.85. The van der Waals surface area contributed by atoms with Gasteiger partial charge in [0.2, 0.25) is 27.7 Å². The predicted molar refractivity (Wildman–Crippen MR) is 201 cm³/mol. The minimum Gasteiger partial charge on any atom is -0.497 e. The zero-order valence-corrected chi connectivity index (χ0v) is 33.4. The first-order valence-corrected chi connectivity index (χ1v) is 20.8. The third-order valence-electron chi connectivity index (χ3n) is 11.8. The van der Waals surface area contributed by atoms with Crippen LogP contribution in [0.5, 0.6) is 11.6 Å². The molecule has 0 radical (unpaired) electrons. The molecule has 4 amide bonds. The van der Waals surface area contributed by atoms with Crippen molar-refractivity contribution in [2.45, 2.75) is 120 Å². The molecule has 2 aliphatic heterocycles. The van der Waals surface area contributed by atoms with Gasteiger partial charge in [-0.2, -0.15) is 13.2 Å². The summed E-state index contributed by atoms with van der Waals surface area (Å²) in [5, 5.41) is 6.57. The van der Waals surface area contributed by atoms with Crippen molar-refractivity contribution in [2.24, 2.45) is 17.8 Å². The van der Waals surface area contributed by atoms with Gasteiger partial charge in [0, 0.05) is 23.9 Å². The molecule has 2 aromatic rings. The van der Waals surface area contributed by atoms with Crippen LogP contribution in [0.25, 0.3) is 10.8 Å². The number of pyridine rings is 1. The second-order valence-electron chi connectivity index (χ2n) is 16.1. The second-order valence-corrected chi connectivity index (χ2v) is 18.3. The number of fused-ring (bicyclic) bond motifs is 3. The van der Waals surface area contributed by atoms with Crippen molar-refractivity contribution < 1.29 is 55.0 Å². The number of sulfonamides is 1. The number of halogens is 3. The number of allylic oxidation sites excluding steroid dienone is 1. The van der Waals surface area contributed by atoms with Gasteiger partial charge in [0.15, 0.2) is 6.10 Å². The number of amides is 4. The maximum absolute atomic E-state index is 14.8. The highest BCUT2D eigenvalue weighted by molar-refractivity contribution is 7.91. The van der Waals surface area contributed by atoms with E-state index in [-0.39, 0.29) is 31.2 Å². The van der Waals surface area contributed by atoms with Gasteiger partial charge < -0.3 is 29.7 Å². The molecule has 2 saturated carbocycles. The molecule has 0 unspecified atom stereocenters. The molecule has 4 aliphatic rings. The number of benzene rings is 1. The van der Waals surface area contributed by atoms with E-state index in [4.69, 9.17) is 9.47 Å². The number of nitrogens with one attached hydrogen (secondary N) is 3. The van der Waals surface area contributed by atoms with Crippen LogP contribution < -0.4 is 24.8 Å². The lowest BCUT2D eigenvalue weighted by molar-refractivity contribution is -0.197. The van der Waals surface area contributed by atoms with Crippen molar-refractivity contribution in [1.82, 2.24) is 25.2 Å². The van der Waals surface area contributed by atoms with Crippen LogP contribution in [-0.2, 0) is 29.1 Å². The third-order valence-corrected chi connectivity index (χ3v) is 14.0. The Bertz CT molecular complexity index is 2030. The van der Waals surface area contributed by atoms with Crippen LogP contribution in [-0.4, -0.2) is 96.5 Å². The Labute approximate surface area is 329 Å². The van der Waals surface area contributed by atoms with Crippen molar-refractivity contribution in [3.8, 4) is 11.6 Å². The summed E-state index contributed by atoms with van der Waals surface area (Å²) in [5.41, 5.74) is -1.64. The molecule has 6 rings (SSSR count). The first-order valence-electron chi connectivity index (χ1n) is 19.3. The van der Waals surface area contributed by atoms with E-state index in [1.165, 1.54) is 25.1 Å². The van der Waals surface area contributed by atoms with Crippen molar-refractivity contribution in [2.75, 3.05) is 13.7 Å². The zero-order valence-electron chi connectivity index (χ0n) is 32.6. The Kier molecular flexibility index (Phi) is 11.8. The first-order chi connectivity index (χ1) is 26.8. The van der Waals surface area contributed by atoms with E-state index in [1.54, 1.807) is 37.3 Å². The third kappa shape index (κ3) is 8.94. The average molecular weight is 822 g/mol. The van der Waals surface area contributed by atoms with E-state index in [0.29, 0.717) is 56.6 Å². The molecule has 0 bridgehead atoms. The number of alkyl halides is 3. The molecule has 57 heavy (non-hydrogen) atoms. The standard InChI is InChI=1S/C39H50F3N5O9S/c1-6-24-17-22(2)9-7-8-10-26-20-38(26,35(50)46-57(52,53)37(4)14-15-37)45-32(48)30-19-28(56-33-29-12-11-27(54-5)18-25(29)13-16-43-33)21-47(30)34(49)31(24)44-36(51)55-23(3)39(40,41)42/h8,10-13,16,18,22-24,26,28,30-31H,6-7,9,14-15,17,19-21H2,1-5H3,(H,44,51)(H,45,48)(H,46,50)/b10-8-/t22-,23-,24-,26-,28-,30+,31+,38-/m1/s1. The summed E-state index contributed by atoms with van der Waals surface area (Å²) in [6.07, 6.45) is -1.72. The zero-order chi connectivity index (χ0) is 41.5. The molecular formula is C39H50F3N5O9S. The van der Waals surface area contributed by atoms with Crippen molar-refractivity contribution in [3.05, 3.63) is 42.6 Å². The highest BCUT2D eigenvalue weighted by Gasteiger charge is 2.63. The van der Waals surface area contributed by atoms with Gasteiger partial charge in [-0.05, 0) is 93.9 Å². The number of ether oxygens (including phenoxy) is 3. The number of aromatic nitrogens is 1. The molecule has 18 heteroatoms. The van der Waals surface area contributed by atoms with Crippen LogP contribution in [0.2, 0.25) is 0 Å². The minimum absolute atomic E-state index is 0.0232. The van der Waals surface area contributed by atoms with Crippen molar-refractivity contribution >= 4 is 44.6 Å². The van der Waals surface area contributed by atoms with E-state index in [2.05, 4.69) is 25.1 Å². The Hall–Kier alpha value is -4.61. The number of methoxy groups -OCH3 is 1. The van der Waals surface area contributed by atoms with Gasteiger partial charge in [-0.15, -0.1) is 0 Å². The van der Waals surface area contributed by atoms with Crippen LogP contribution in [0.4, 0.5) is 18.0 Å². The highest BCUT2D eigenvalue weighted by atomic mass is 32.2. The van der Waals surface area contributed by atoms with E-state index in [1.807, 2.05) is 13.0 Å². The van der Waals surface area contributed by atoms with Gasteiger partial charge in [0.1, 0.15) is 29.5 Å². The summed E-state index contributed by atoms with van der Waals surface area (Å²) in [6, 6.07) is 4.31. The predicted octanol–water partition coefficient (Wildman–Crippen LogP) is 4.91. The van der Waals surface area contributed by atoms with E-state index in [9.17, 15) is 40.8 Å². The van der Waals surface area contributed by atoms with Crippen molar-refractivity contribution in [1.29, 1.82) is 0 Å². The molecule has 2 aliphatic carbocycles. The molecule has 8 atom stereocenters. The summed E-state index contributed by atoms with van der Waals surface area (Å²) in [7, 11) is -2.54. The Morgan fingerprint density at radius 1 is 1.16 bits per heavy atom. The number of hydrogen-bond donors (Lipinski definition) is 3. The van der Waals surface area contributed by atoms with E-state index < -0.39 is 86.4 Å². The molecule has 14 nitrogen and oxygen atoms in total. The summed E-state index contributed by atoms with van der Waals surface area (Å²) in [4.78, 5) is 61.8. The highest BCUT2D eigenvalue weighted by Crippen LogP contribution is 2.47. The fourth-order valence-electron chi connectivity index (χ4n) is 7.71.